The van der Waals surface area contributed by atoms with E-state index in [-0.39, 0.29) is 6.04 Å². The molecule has 4 heteroatoms. The van der Waals surface area contributed by atoms with Gasteiger partial charge in [0, 0.05) is 30.7 Å². The molecule has 3 rings (SSSR count). The topological polar surface area (TPSA) is 47.7 Å². The number of aryl methyl sites for hydroxylation is 1. The van der Waals surface area contributed by atoms with Crippen LogP contribution in [0.25, 0.3) is 0 Å². The summed E-state index contributed by atoms with van der Waals surface area (Å²) in [5.41, 5.74) is 8.83. The van der Waals surface area contributed by atoms with Crippen LogP contribution in [0.2, 0.25) is 0 Å². The molecule has 2 N–H and O–H groups in total. The summed E-state index contributed by atoms with van der Waals surface area (Å²) >= 11 is 0. The van der Waals surface area contributed by atoms with Crippen molar-refractivity contribution in [1.29, 1.82) is 0 Å². The van der Waals surface area contributed by atoms with Gasteiger partial charge in [-0.3, -0.25) is 4.90 Å². The summed E-state index contributed by atoms with van der Waals surface area (Å²) in [6.45, 7) is 4.80. The second kappa shape index (κ2) is 6.34. The van der Waals surface area contributed by atoms with Gasteiger partial charge in [0.05, 0.1) is 19.8 Å². The number of benzene rings is 1. The number of methoxy groups -OCH3 is 1. The monoisotopic (exact) mass is 290 g/mol. The van der Waals surface area contributed by atoms with Gasteiger partial charge in [-0.2, -0.15) is 0 Å². The summed E-state index contributed by atoms with van der Waals surface area (Å²) in [5.74, 6) is 0.893. The normalized spacial score (nSPS) is 27.4. The standard InChI is InChI=1S/C17H26N2O2/c1-12-6-7-16(20-2)13(10-12)14(18)11-19-8-9-21-17-5-3-4-15(17)19/h6-7,10,14-15,17H,3-5,8-9,11,18H2,1-2H3. The Morgan fingerprint density at radius 1 is 1.43 bits per heavy atom. The number of fused-ring (bicyclic) bond motifs is 1. The highest BCUT2D eigenvalue weighted by atomic mass is 16.5. The molecule has 1 saturated heterocycles. The molecular weight excluding hydrogens is 264 g/mol. The van der Waals surface area contributed by atoms with E-state index in [1.165, 1.54) is 24.8 Å². The van der Waals surface area contributed by atoms with Crippen LogP contribution in [0.5, 0.6) is 5.75 Å². The van der Waals surface area contributed by atoms with E-state index in [0.717, 1.165) is 31.0 Å². The SMILES string of the molecule is COc1ccc(C)cc1C(N)CN1CCOC2CCCC21. The van der Waals surface area contributed by atoms with Gasteiger partial charge in [-0.05, 0) is 32.3 Å². The largest absolute Gasteiger partial charge is 0.496 e. The van der Waals surface area contributed by atoms with Crippen molar-refractivity contribution in [3.8, 4) is 5.75 Å². The van der Waals surface area contributed by atoms with Crippen LogP contribution in [-0.4, -0.2) is 43.9 Å². The molecule has 2 aliphatic rings. The number of ether oxygens (including phenoxy) is 2. The Morgan fingerprint density at radius 2 is 2.29 bits per heavy atom. The predicted molar refractivity (Wildman–Crippen MR) is 83.6 cm³/mol. The van der Waals surface area contributed by atoms with Crippen LogP contribution in [0.1, 0.15) is 36.4 Å². The molecule has 0 radical (unpaired) electrons. The summed E-state index contributed by atoms with van der Waals surface area (Å²) in [5, 5.41) is 0. The van der Waals surface area contributed by atoms with Gasteiger partial charge in [-0.15, -0.1) is 0 Å². The molecule has 116 valence electrons. The third-order valence-electron chi connectivity index (χ3n) is 4.81. The molecule has 21 heavy (non-hydrogen) atoms. The first-order valence-electron chi connectivity index (χ1n) is 7.95. The van der Waals surface area contributed by atoms with E-state index in [1.807, 2.05) is 6.07 Å². The Bertz CT molecular complexity index is 492. The van der Waals surface area contributed by atoms with Crippen LogP contribution >= 0.6 is 0 Å². The van der Waals surface area contributed by atoms with E-state index in [9.17, 15) is 0 Å². The minimum Gasteiger partial charge on any atom is -0.496 e. The molecular formula is C17H26N2O2. The number of hydrogen-bond donors (Lipinski definition) is 1. The average molecular weight is 290 g/mol. The molecule has 0 bridgehead atoms. The van der Waals surface area contributed by atoms with Crippen molar-refractivity contribution in [3.63, 3.8) is 0 Å². The van der Waals surface area contributed by atoms with E-state index < -0.39 is 0 Å². The van der Waals surface area contributed by atoms with Crippen LogP contribution in [0.4, 0.5) is 0 Å². The third kappa shape index (κ3) is 3.07. The van der Waals surface area contributed by atoms with Gasteiger partial charge in [0.2, 0.25) is 0 Å². The molecule has 0 aromatic heterocycles. The Labute approximate surface area is 127 Å². The van der Waals surface area contributed by atoms with Gasteiger partial charge in [-0.25, -0.2) is 0 Å². The van der Waals surface area contributed by atoms with Gasteiger partial charge in [0.1, 0.15) is 5.75 Å². The molecule has 3 unspecified atom stereocenters. The smallest absolute Gasteiger partial charge is 0.123 e. The zero-order valence-corrected chi connectivity index (χ0v) is 13.0. The summed E-state index contributed by atoms with van der Waals surface area (Å²) in [4.78, 5) is 2.52. The summed E-state index contributed by atoms with van der Waals surface area (Å²) in [6, 6.07) is 6.77. The lowest BCUT2D eigenvalue weighted by molar-refractivity contribution is -0.0572. The van der Waals surface area contributed by atoms with Crippen LogP contribution < -0.4 is 10.5 Å². The van der Waals surface area contributed by atoms with Crippen molar-refractivity contribution in [1.82, 2.24) is 4.90 Å². The minimum atomic E-state index is -0.0146. The molecule has 2 fully saturated rings. The highest BCUT2D eigenvalue weighted by Gasteiger charge is 2.36. The predicted octanol–water partition coefficient (Wildman–Crippen LogP) is 2.26. The quantitative estimate of drug-likeness (QED) is 0.924. The van der Waals surface area contributed by atoms with Gasteiger partial charge in [-0.1, -0.05) is 17.7 Å². The van der Waals surface area contributed by atoms with Crippen molar-refractivity contribution >= 4 is 0 Å². The lowest BCUT2D eigenvalue weighted by Crippen LogP contribution is -2.50. The van der Waals surface area contributed by atoms with Gasteiger partial charge in [0.25, 0.3) is 0 Å². The summed E-state index contributed by atoms with van der Waals surface area (Å²) < 4.78 is 11.4. The van der Waals surface area contributed by atoms with E-state index >= 15 is 0 Å². The lowest BCUT2D eigenvalue weighted by atomic mass is 10.0. The zero-order valence-electron chi connectivity index (χ0n) is 13.0. The van der Waals surface area contributed by atoms with E-state index in [4.69, 9.17) is 15.2 Å². The first-order valence-corrected chi connectivity index (χ1v) is 7.95. The van der Waals surface area contributed by atoms with Gasteiger partial charge < -0.3 is 15.2 Å². The molecule has 1 aliphatic carbocycles. The van der Waals surface area contributed by atoms with E-state index in [0.29, 0.717) is 12.1 Å². The second-order valence-electron chi connectivity index (χ2n) is 6.25. The maximum absolute atomic E-state index is 6.49. The fourth-order valence-corrected chi connectivity index (χ4v) is 3.73. The fraction of sp³-hybridized carbons (Fsp3) is 0.647. The summed E-state index contributed by atoms with van der Waals surface area (Å²) in [7, 11) is 1.71. The highest BCUT2D eigenvalue weighted by Crippen LogP contribution is 2.32. The van der Waals surface area contributed by atoms with E-state index in [2.05, 4.69) is 24.0 Å². The fourth-order valence-electron chi connectivity index (χ4n) is 3.73. The molecule has 1 aliphatic heterocycles. The van der Waals surface area contributed by atoms with Crippen molar-refractivity contribution in [2.75, 3.05) is 26.8 Å². The highest BCUT2D eigenvalue weighted by molar-refractivity contribution is 5.39. The van der Waals surface area contributed by atoms with E-state index in [1.54, 1.807) is 7.11 Å². The first kappa shape index (κ1) is 14.8. The maximum atomic E-state index is 6.49. The van der Waals surface area contributed by atoms with Crippen LogP contribution in [0.3, 0.4) is 0 Å². The molecule has 1 aromatic carbocycles. The molecule has 0 spiro atoms. The van der Waals surface area contributed by atoms with Crippen LogP contribution in [0.15, 0.2) is 18.2 Å². The van der Waals surface area contributed by atoms with Crippen molar-refractivity contribution in [2.24, 2.45) is 5.73 Å². The lowest BCUT2D eigenvalue weighted by Gasteiger charge is -2.39. The zero-order chi connectivity index (χ0) is 14.8. The number of nitrogens with zero attached hydrogens (tertiary/aromatic N) is 1. The molecule has 1 saturated carbocycles. The molecule has 4 nitrogen and oxygen atoms in total. The molecule has 0 amide bonds. The molecule has 3 atom stereocenters. The Balaban J connectivity index is 1.73. The first-order chi connectivity index (χ1) is 10.2. The molecule has 1 aromatic rings. The maximum Gasteiger partial charge on any atom is 0.123 e. The third-order valence-corrected chi connectivity index (χ3v) is 4.81. The van der Waals surface area contributed by atoms with Crippen LogP contribution in [0, 0.1) is 6.92 Å². The second-order valence-corrected chi connectivity index (χ2v) is 6.25. The summed E-state index contributed by atoms with van der Waals surface area (Å²) in [6.07, 6.45) is 4.13. The van der Waals surface area contributed by atoms with Crippen molar-refractivity contribution < 1.29 is 9.47 Å². The van der Waals surface area contributed by atoms with Gasteiger partial charge in [0.15, 0.2) is 0 Å². The van der Waals surface area contributed by atoms with Crippen molar-refractivity contribution in [3.05, 3.63) is 29.3 Å². The number of rotatable bonds is 4. The Morgan fingerprint density at radius 3 is 3.10 bits per heavy atom. The number of nitrogens with two attached hydrogens (primary N) is 1. The Kier molecular flexibility index (Phi) is 4.48. The Hall–Kier alpha value is -1.10. The van der Waals surface area contributed by atoms with Crippen molar-refractivity contribution in [2.45, 2.75) is 44.4 Å². The minimum absolute atomic E-state index is 0.0146. The number of hydrogen-bond acceptors (Lipinski definition) is 4. The van der Waals surface area contributed by atoms with Gasteiger partial charge >= 0.3 is 0 Å². The number of morpholine rings is 1. The molecule has 1 heterocycles. The van der Waals surface area contributed by atoms with Crippen LogP contribution in [-0.2, 0) is 4.74 Å². The average Bonchev–Trinajstić information content (AvgIpc) is 2.96.